The van der Waals surface area contributed by atoms with Crippen LogP contribution in [0, 0.1) is 0 Å². The van der Waals surface area contributed by atoms with E-state index >= 15 is 0 Å². The highest BCUT2D eigenvalue weighted by atomic mass is 35.5. The minimum Gasteiger partial charge on any atom is -0.478 e. The minimum atomic E-state index is -4.87. The maximum Gasteiger partial charge on any atom is 0.573 e. The van der Waals surface area contributed by atoms with Crippen molar-refractivity contribution in [1.82, 2.24) is 20.5 Å². The van der Waals surface area contributed by atoms with Gasteiger partial charge in [-0.1, -0.05) is 29.3 Å². The Labute approximate surface area is 230 Å². The number of alkyl halides is 3. The number of unbranched alkanes of at least 4 members (excludes halogenated alkanes) is 1. The van der Waals surface area contributed by atoms with Crippen LogP contribution in [0.2, 0.25) is 10.0 Å². The van der Waals surface area contributed by atoms with Gasteiger partial charge in [-0.2, -0.15) is 5.10 Å². The first kappa shape index (κ1) is 28.7. The summed E-state index contributed by atoms with van der Waals surface area (Å²) in [6.45, 7) is 1.90. The first-order chi connectivity index (χ1) is 18.6. The Morgan fingerprint density at radius 3 is 2.67 bits per heavy atom. The summed E-state index contributed by atoms with van der Waals surface area (Å²) in [4.78, 5) is 15.7. The molecule has 14 heteroatoms. The average Bonchev–Trinajstić information content (AvgIpc) is 3.37. The topological polar surface area (TPSA) is 119 Å². The number of aromatic nitrogens is 3. The van der Waals surface area contributed by atoms with Crippen molar-refractivity contribution in [1.29, 1.82) is 0 Å². The zero-order chi connectivity index (χ0) is 28.0. The van der Waals surface area contributed by atoms with Crippen molar-refractivity contribution in [2.24, 2.45) is 0 Å². The molecule has 0 fully saturated rings. The summed E-state index contributed by atoms with van der Waals surface area (Å²) < 4.78 is 52.9. The maximum atomic E-state index is 12.5. The van der Waals surface area contributed by atoms with Gasteiger partial charge in [-0.15, -0.1) is 13.2 Å². The van der Waals surface area contributed by atoms with Gasteiger partial charge < -0.3 is 24.6 Å². The van der Waals surface area contributed by atoms with E-state index < -0.39 is 18.1 Å². The molecule has 0 saturated carbocycles. The molecule has 0 aliphatic carbocycles. The first-order valence-electron chi connectivity index (χ1n) is 11.8. The number of nitrogens with zero attached hydrogens (tertiary/aromatic N) is 2. The van der Waals surface area contributed by atoms with Crippen LogP contribution in [0.4, 0.5) is 13.2 Å². The largest absolute Gasteiger partial charge is 0.573 e. The van der Waals surface area contributed by atoms with E-state index in [2.05, 4.69) is 25.2 Å². The maximum absolute atomic E-state index is 12.5. The lowest BCUT2D eigenvalue weighted by atomic mass is 10.1. The van der Waals surface area contributed by atoms with E-state index in [4.69, 9.17) is 32.7 Å². The molecular weight excluding hydrogens is 564 g/mol. The number of H-pyrrole nitrogens is 1. The second-order valence-corrected chi connectivity index (χ2v) is 9.18. The number of carbonyl (C=O) groups is 1. The van der Waals surface area contributed by atoms with Crippen molar-refractivity contribution in [3.63, 3.8) is 0 Å². The predicted octanol–water partition coefficient (Wildman–Crippen LogP) is 5.98. The quantitative estimate of drug-likeness (QED) is 0.164. The van der Waals surface area contributed by atoms with Crippen LogP contribution in [-0.2, 0) is 11.3 Å². The molecule has 0 amide bonds. The van der Waals surface area contributed by atoms with Crippen LogP contribution in [0.3, 0.4) is 0 Å². The monoisotopic (exact) mass is 586 g/mol. The van der Waals surface area contributed by atoms with E-state index in [1.807, 2.05) is 0 Å². The predicted molar refractivity (Wildman–Crippen MR) is 139 cm³/mol. The molecule has 0 atom stereocenters. The molecule has 2 heterocycles. The Bertz CT molecular complexity index is 1470. The highest BCUT2D eigenvalue weighted by Gasteiger charge is 2.32. The van der Waals surface area contributed by atoms with Gasteiger partial charge in [0.15, 0.2) is 0 Å². The third-order valence-corrected chi connectivity index (χ3v) is 6.36. The summed E-state index contributed by atoms with van der Waals surface area (Å²) in [6, 6.07) is 7.37. The molecule has 0 spiro atoms. The van der Waals surface area contributed by atoms with E-state index in [0.29, 0.717) is 42.2 Å². The molecule has 4 rings (SSSR count). The number of fused-ring (bicyclic) bond motifs is 3. The molecule has 39 heavy (non-hydrogen) atoms. The Kier molecular flexibility index (Phi) is 9.33. The fourth-order valence-electron chi connectivity index (χ4n) is 3.81. The molecule has 0 aliphatic heterocycles. The van der Waals surface area contributed by atoms with Crippen LogP contribution >= 0.6 is 23.2 Å². The van der Waals surface area contributed by atoms with Gasteiger partial charge in [0.05, 0.1) is 28.9 Å². The van der Waals surface area contributed by atoms with Crippen molar-refractivity contribution >= 4 is 51.0 Å². The number of halogens is 5. The smallest absolute Gasteiger partial charge is 0.478 e. The summed E-state index contributed by atoms with van der Waals surface area (Å²) in [7, 11) is 0. The van der Waals surface area contributed by atoms with Gasteiger partial charge in [0, 0.05) is 23.9 Å². The number of benzene rings is 2. The molecule has 208 valence electrons. The van der Waals surface area contributed by atoms with Crippen molar-refractivity contribution in [2.75, 3.05) is 26.4 Å². The fraction of sp³-hybridized carbons (Fsp3) is 0.320. The van der Waals surface area contributed by atoms with Crippen LogP contribution in [0.25, 0.3) is 21.8 Å². The molecule has 3 N–H and O–H groups in total. The van der Waals surface area contributed by atoms with Gasteiger partial charge in [-0.25, -0.2) is 9.78 Å². The van der Waals surface area contributed by atoms with Crippen molar-refractivity contribution < 1.29 is 37.3 Å². The van der Waals surface area contributed by atoms with Crippen LogP contribution in [-0.4, -0.2) is 59.0 Å². The van der Waals surface area contributed by atoms with E-state index in [9.17, 15) is 23.1 Å². The van der Waals surface area contributed by atoms with Gasteiger partial charge in [-0.05, 0) is 49.2 Å². The first-order valence-corrected chi connectivity index (χ1v) is 12.5. The number of nitrogens with one attached hydrogen (secondary N) is 2. The van der Waals surface area contributed by atoms with E-state index in [-0.39, 0.29) is 28.8 Å². The molecule has 4 aromatic rings. The Morgan fingerprint density at radius 1 is 1.08 bits per heavy atom. The molecule has 0 aliphatic rings. The fourth-order valence-corrected chi connectivity index (χ4v) is 4.19. The number of ether oxygens (including phenoxy) is 3. The molecule has 2 aromatic heterocycles. The molecule has 0 radical (unpaired) electrons. The zero-order valence-electron chi connectivity index (χ0n) is 20.3. The average molecular weight is 587 g/mol. The van der Waals surface area contributed by atoms with Crippen molar-refractivity contribution in [3.8, 4) is 11.6 Å². The number of aromatic amines is 1. The van der Waals surface area contributed by atoms with Crippen molar-refractivity contribution in [2.45, 2.75) is 25.7 Å². The molecular formula is C25H23Cl2F3N4O5. The Balaban J connectivity index is 1.17. The number of hydrogen-bond acceptors (Lipinski definition) is 7. The zero-order valence-corrected chi connectivity index (χ0v) is 21.8. The number of aromatic carboxylic acids is 1. The van der Waals surface area contributed by atoms with E-state index in [0.717, 1.165) is 23.6 Å². The van der Waals surface area contributed by atoms with Crippen LogP contribution in [0.5, 0.6) is 11.6 Å². The summed E-state index contributed by atoms with van der Waals surface area (Å²) in [5.41, 5.74) is 1.72. The highest BCUT2D eigenvalue weighted by molar-refractivity contribution is 6.43. The third-order valence-electron chi connectivity index (χ3n) is 5.58. The number of hydrogen-bond donors (Lipinski definition) is 3. The van der Waals surface area contributed by atoms with Crippen LogP contribution < -0.4 is 14.8 Å². The summed E-state index contributed by atoms with van der Waals surface area (Å²) in [5, 5.41) is 20.5. The van der Waals surface area contributed by atoms with Gasteiger partial charge >= 0.3 is 12.3 Å². The number of rotatable bonds is 13. The second-order valence-electron chi connectivity index (χ2n) is 8.39. The van der Waals surface area contributed by atoms with E-state index in [1.165, 1.54) is 24.3 Å². The summed E-state index contributed by atoms with van der Waals surface area (Å²) in [6.07, 6.45) is -1.73. The lowest BCUT2D eigenvalue weighted by Crippen LogP contribution is -2.18. The second kappa shape index (κ2) is 12.7. The Morgan fingerprint density at radius 2 is 1.90 bits per heavy atom. The van der Waals surface area contributed by atoms with Crippen LogP contribution in [0.1, 0.15) is 28.8 Å². The molecule has 0 saturated heterocycles. The van der Waals surface area contributed by atoms with E-state index in [1.54, 1.807) is 12.3 Å². The van der Waals surface area contributed by atoms with Gasteiger partial charge in [0.25, 0.3) is 0 Å². The normalized spacial score (nSPS) is 11.8. The Hall–Kier alpha value is -3.32. The molecule has 0 unspecified atom stereocenters. The lowest BCUT2D eigenvalue weighted by Gasteiger charge is -2.13. The molecule has 2 aromatic carbocycles. The minimum absolute atomic E-state index is 0.0250. The third kappa shape index (κ3) is 7.63. The number of pyridine rings is 1. The summed E-state index contributed by atoms with van der Waals surface area (Å²) in [5.74, 6) is -1.28. The highest BCUT2D eigenvalue weighted by Crippen LogP contribution is 2.36. The van der Waals surface area contributed by atoms with Gasteiger partial charge in [0.2, 0.25) is 5.88 Å². The standard InChI is InChI=1S/C25H23Cl2F3N4O5/c26-18-9-14(10-20(21(18)27)39-25(28,29)30)12-31-5-1-2-6-37-7-8-38-23-22-17(13-32-34-22)16-4-3-15(24(35)36)11-19(16)33-23/h3-4,9-11,13,31H,1-2,5-8,12H2,(H,32,34)(H,35,36). The SMILES string of the molecule is O=C(O)c1ccc2c(c1)nc(OCCOCCCCNCc1cc(Cl)c(Cl)c(OC(F)(F)F)c1)c1[nH]ncc12. The summed E-state index contributed by atoms with van der Waals surface area (Å²) >= 11 is 11.7. The molecule has 9 nitrogen and oxygen atoms in total. The lowest BCUT2D eigenvalue weighted by molar-refractivity contribution is -0.274. The van der Waals surface area contributed by atoms with Gasteiger partial charge in [-0.3, -0.25) is 5.10 Å². The number of carboxylic acids is 1. The van der Waals surface area contributed by atoms with Crippen molar-refractivity contribution in [3.05, 3.63) is 57.7 Å². The number of carboxylic acid groups (broad SMARTS) is 1. The molecule has 0 bridgehead atoms. The van der Waals surface area contributed by atoms with Gasteiger partial charge in [0.1, 0.15) is 22.9 Å². The van der Waals surface area contributed by atoms with Crippen LogP contribution in [0.15, 0.2) is 36.5 Å².